The van der Waals surface area contributed by atoms with Crippen LogP contribution in [0.2, 0.25) is 0 Å². The van der Waals surface area contributed by atoms with E-state index in [4.69, 9.17) is 9.47 Å². The lowest BCUT2D eigenvalue weighted by Crippen LogP contribution is -2.64. The normalized spacial score (nSPS) is 22.8. The van der Waals surface area contributed by atoms with Gasteiger partial charge in [0, 0.05) is 37.7 Å². The number of carboxylic acid groups (broad SMARTS) is 1. The zero-order valence-corrected chi connectivity index (χ0v) is 22.8. The van der Waals surface area contributed by atoms with E-state index in [1.165, 1.54) is 29.7 Å². The second kappa shape index (κ2) is 10.1. The second-order valence-electron chi connectivity index (χ2n) is 12.3. The molecule has 3 rings (SSSR count). The van der Waals surface area contributed by atoms with Crippen LogP contribution >= 0.6 is 0 Å². The average Bonchev–Trinajstić information content (AvgIpc) is 3.47. The molecule has 1 aromatic rings. The number of hydrogen-bond donors (Lipinski definition) is 1. The largest absolute Gasteiger partial charge is 0.465 e. The van der Waals surface area contributed by atoms with Gasteiger partial charge in [0.25, 0.3) is 0 Å². The second-order valence-corrected chi connectivity index (χ2v) is 12.3. The number of pyridine rings is 1. The Bertz CT molecular complexity index is 932. The van der Waals surface area contributed by atoms with Gasteiger partial charge in [-0.2, -0.15) is 0 Å². The van der Waals surface area contributed by atoms with Crippen molar-refractivity contribution in [2.24, 2.45) is 11.8 Å². The highest BCUT2D eigenvalue weighted by Crippen LogP contribution is 2.43. The fraction of sp³-hybridized carbons (Fsp3) is 0.750. The summed E-state index contributed by atoms with van der Waals surface area (Å²) in [5, 5.41) is 10.3. The highest BCUT2D eigenvalue weighted by molar-refractivity contribution is 5.84. The van der Waals surface area contributed by atoms with Crippen LogP contribution in [0.5, 0.6) is 0 Å². The lowest BCUT2D eigenvalue weighted by Gasteiger charge is -2.46. The Morgan fingerprint density at radius 2 is 1.94 bits per heavy atom. The molecule has 0 bridgehead atoms. The molecular weight excluding hydrogens is 444 g/mol. The van der Waals surface area contributed by atoms with E-state index in [1.54, 1.807) is 20.0 Å². The highest BCUT2D eigenvalue weighted by atomic mass is 16.8. The third kappa shape index (κ3) is 6.35. The van der Waals surface area contributed by atoms with Gasteiger partial charge in [0.15, 0.2) is 5.60 Å². The molecule has 196 valence electrons. The van der Waals surface area contributed by atoms with Crippen molar-refractivity contribution in [3.8, 4) is 0 Å². The summed E-state index contributed by atoms with van der Waals surface area (Å²) in [5.74, 6) is -0.669. The summed E-state index contributed by atoms with van der Waals surface area (Å²) < 4.78 is 12.1. The number of hydrogen-bond acceptors (Lipinski definition) is 5. The molecule has 1 aliphatic heterocycles. The summed E-state index contributed by atoms with van der Waals surface area (Å²) in [4.78, 5) is 32.3. The first-order valence-corrected chi connectivity index (χ1v) is 13.1. The van der Waals surface area contributed by atoms with Gasteiger partial charge in [0.05, 0.1) is 6.04 Å². The Labute approximate surface area is 210 Å². The zero-order chi connectivity index (χ0) is 26.2. The molecule has 1 saturated carbocycles. The minimum Gasteiger partial charge on any atom is -0.465 e. The van der Waals surface area contributed by atoms with E-state index in [2.05, 4.69) is 11.1 Å². The van der Waals surface area contributed by atoms with Crippen molar-refractivity contribution in [2.45, 2.75) is 123 Å². The highest BCUT2D eigenvalue weighted by Gasteiger charge is 2.62. The van der Waals surface area contributed by atoms with Crippen LogP contribution in [0, 0.1) is 18.8 Å². The Morgan fingerprint density at radius 3 is 2.43 bits per heavy atom. The van der Waals surface area contributed by atoms with Crippen LogP contribution in [0.15, 0.2) is 12.3 Å². The Kier molecular flexibility index (Phi) is 7.90. The molecule has 1 N–H and O–H groups in total. The Morgan fingerprint density at radius 1 is 1.29 bits per heavy atom. The summed E-state index contributed by atoms with van der Waals surface area (Å²) >= 11 is 0. The van der Waals surface area contributed by atoms with Crippen molar-refractivity contribution < 1.29 is 24.2 Å². The first-order chi connectivity index (χ1) is 16.2. The summed E-state index contributed by atoms with van der Waals surface area (Å²) in [7, 11) is 0. The molecule has 1 saturated heterocycles. The minimum atomic E-state index is -1.50. The molecule has 0 radical (unpaired) electrons. The molecule has 7 heteroatoms. The van der Waals surface area contributed by atoms with Crippen LogP contribution < -0.4 is 0 Å². The molecule has 2 aliphatic rings. The first kappa shape index (κ1) is 27.4. The number of esters is 1. The zero-order valence-electron chi connectivity index (χ0n) is 22.8. The minimum absolute atomic E-state index is 0.129. The Balaban J connectivity index is 2.05. The van der Waals surface area contributed by atoms with Crippen LogP contribution in [0.1, 0.15) is 97.4 Å². The third-order valence-electron chi connectivity index (χ3n) is 7.19. The van der Waals surface area contributed by atoms with Crippen LogP contribution in [0.3, 0.4) is 0 Å². The number of carbonyl (C=O) groups excluding carboxylic acids is 1. The molecule has 35 heavy (non-hydrogen) atoms. The smallest absolute Gasteiger partial charge is 0.408 e. The SMILES string of the molecule is Cc1c(CCCC2CC2)ccnc1C[C@]1([C@H](CC(C)C)N(C(=O)O)C(C)(C)C)OC(C)(C)OC1=O. The van der Waals surface area contributed by atoms with Crippen molar-refractivity contribution in [3.63, 3.8) is 0 Å². The molecule has 0 spiro atoms. The molecule has 0 unspecified atom stereocenters. The fourth-order valence-electron chi connectivity index (χ4n) is 5.39. The van der Waals surface area contributed by atoms with Gasteiger partial charge in [-0.15, -0.1) is 0 Å². The number of aromatic nitrogens is 1. The van der Waals surface area contributed by atoms with Gasteiger partial charge in [0.2, 0.25) is 5.79 Å². The fourth-order valence-corrected chi connectivity index (χ4v) is 5.39. The topological polar surface area (TPSA) is 89.0 Å². The molecule has 1 aromatic heterocycles. The van der Waals surface area contributed by atoms with Gasteiger partial charge in [0.1, 0.15) is 0 Å². The van der Waals surface area contributed by atoms with Crippen LogP contribution in [0.25, 0.3) is 0 Å². The van der Waals surface area contributed by atoms with Crippen LogP contribution in [-0.4, -0.2) is 50.0 Å². The van der Waals surface area contributed by atoms with Gasteiger partial charge in [-0.1, -0.05) is 33.1 Å². The van der Waals surface area contributed by atoms with E-state index in [1.807, 2.05) is 41.5 Å². The number of carbonyl (C=O) groups is 2. The number of aryl methyl sites for hydroxylation is 1. The average molecular weight is 489 g/mol. The van der Waals surface area contributed by atoms with Gasteiger partial charge in [-0.05, 0) is 76.0 Å². The van der Waals surface area contributed by atoms with Gasteiger partial charge < -0.3 is 14.6 Å². The monoisotopic (exact) mass is 488 g/mol. The summed E-state index contributed by atoms with van der Waals surface area (Å²) in [5.41, 5.74) is 0.787. The summed E-state index contributed by atoms with van der Waals surface area (Å²) in [6, 6.07) is 1.31. The summed E-state index contributed by atoms with van der Waals surface area (Å²) in [6.45, 7) is 15.0. The molecular formula is C28H44N2O5. The van der Waals surface area contributed by atoms with E-state index < -0.39 is 35.0 Å². The molecule has 2 heterocycles. The van der Waals surface area contributed by atoms with Gasteiger partial charge >= 0.3 is 12.1 Å². The van der Waals surface area contributed by atoms with Gasteiger partial charge in [-0.3, -0.25) is 9.88 Å². The van der Waals surface area contributed by atoms with E-state index in [0.717, 1.165) is 30.0 Å². The number of amides is 1. The maximum atomic E-state index is 13.6. The molecule has 7 nitrogen and oxygen atoms in total. The van der Waals surface area contributed by atoms with E-state index in [9.17, 15) is 14.7 Å². The standard InChI is InChI=1S/C28H44N2O5/c1-18(2)16-23(30(25(32)33)26(4,5)6)28(24(31)34-27(7,8)35-28)17-22-19(3)21(14-15-29-22)11-9-10-20-12-13-20/h14-15,18,20,23H,9-13,16-17H2,1-8H3,(H,32,33)/t23-,28+/m0/s1. The predicted octanol–water partition coefficient (Wildman–Crippen LogP) is 5.91. The van der Waals surface area contributed by atoms with Crippen LogP contribution in [-0.2, 0) is 27.1 Å². The Hall–Kier alpha value is -2.15. The number of rotatable bonds is 10. The van der Waals surface area contributed by atoms with Crippen LogP contribution in [0.4, 0.5) is 4.79 Å². The van der Waals surface area contributed by atoms with Crippen molar-refractivity contribution >= 4 is 12.1 Å². The molecule has 2 fully saturated rings. The third-order valence-corrected chi connectivity index (χ3v) is 7.19. The lowest BCUT2D eigenvalue weighted by molar-refractivity contribution is -0.180. The van der Waals surface area contributed by atoms with Gasteiger partial charge in [-0.25, -0.2) is 9.59 Å². The van der Waals surface area contributed by atoms with Crippen molar-refractivity contribution in [1.82, 2.24) is 9.88 Å². The quantitative estimate of drug-likeness (QED) is 0.412. The van der Waals surface area contributed by atoms with Crippen molar-refractivity contribution in [3.05, 3.63) is 29.1 Å². The maximum Gasteiger partial charge on any atom is 0.408 e. The van der Waals surface area contributed by atoms with E-state index in [0.29, 0.717) is 6.42 Å². The molecule has 0 aromatic carbocycles. The molecule has 2 atom stereocenters. The van der Waals surface area contributed by atoms with E-state index >= 15 is 0 Å². The molecule has 1 amide bonds. The van der Waals surface area contributed by atoms with E-state index in [-0.39, 0.29) is 12.3 Å². The van der Waals surface area contributed by atoms with Crippen molar-refractivity contribution in [2.75, 3.05) is 0 Å². The maximum absolute atomic E-state index is 13.6. The number of nitrogens with zero attached hydrogens (tertiary/aromatic N) is 2. The summed E-state index contributed by atoms with van der Waals surface area (Å²) in [6.07, 6.45) is 7.39. The van der Waals surface area contributed by atoms with Crippen molar-refractivity contribution in [1.29, 1.82) is 0 Å². The first-order valence-electron chi connectivity index (χ1n) is 13.1. The molecule has 1 aliphatic carbocycles. The predicted molar refractivity (Wildman–Crippen MR) is 135 cm³/mol. The number of ether oxygens (including phenoxy) is 2. The lowest BCUT2D eigenvalue weighted by atomic mass is 9.80. The number of cyclic esters (lactones) is 1.